The SMILES string of the molecule is COC(=O)c1nccc(Nc2cc(C3CC3)[nH]n2)n1. The normalized spacial score (nSPS) is 14.2. The van der Waals surface area contributed by atoms with Crippen molar-refractivity contribution in [1.82, 2.24) is 20.2 Å². The quantitative estimate of drug-likeness (QED) is 0.810. The molecule has 2 N–H and O–H groups in total. The van der Waals surface area contributed by atoms with Gasteiger partial charge in [0.05, 0.1) is 7.11 Å². The zero-order chi connectivity index (χ0) is 13.2. The first-order chi connectivity index (χ1) is 9.26. The molecule has 1 saturated carbocycles. The van der Waals surface area contributed by atoms with Crippen LogP contribution < -0.4 is 5.32 Å². The van der Waals surface area contributed by atoms with Gasteiger partial charge in [-0.2, -0.15) is 5.10 Å². The van der Waals surface area contributed by atoms with Crippen molar-refractivity contribution in [2.75, 3.05) is 12.4 Å². The first-order valence-electron chi connectivity index (χ1n) is 6.00. The molecular weight excluding hydrogens is 246 g/mol. The van der Waals surface area contributed by atoms with E-state index in [0.29, 0.717) is 17.6 Å². The zero-order valence-electron chi connectivity index (χ0n) is 10.4. The minimum Gasteiger partial charge on any atom is -0.463 e. The van der Waals surface area contributed by atoms with Crippen molar-refractivity contribution in [3.63, 3.8) is 0 Å². The Bertz CT molecular complexity index is 606. The fraction of sp³-hybridized carbons (Fsp3) is 0.333. The van der Waals surface area contributed by atoms with Crippen LogP contribution in [0.25, 0.3) is 0 Å². The molecule has 0 unspecified atom stereocenters. The summed E-state index contributed by atoms with van der Waals surface area (Å²) >= 11 is 0. The second kappa shape index (κ2) is 4.68. The highest BCUT2D eigenvalue weighted by atomic mass is 16.5. The second-order valence-corrected chi connectivity index (χ2v) is 4.36. The van der Waals surface area contributed by atoms with Crippen molar-refractivity contribution >= 4 is 17.6 Å². The molecule has 0 spiro atoms. The van der Waals surface area contributed by atoms with Crippen LogP contribution in [0, 0.1) is 0 Å². The lowest BCUT2D eigenvalue weighted by Crippen LogP contribution is -2.08. The van der Waals surface area contributed by atoms with E-state index in [1.54, 1.807) is 6.07 Å². The number of aromatic amines is 1. The molecule has 19 heavy (non-hydrogen) atoms. The van der Waals surface area contributed by atoms with Gasteiger partial charge in [0.1, 0.15) is 5.82 Å². The van der Waals surface area contributed by atoms with Gasteiger partial charge in [-0.3, -0.25) is 5.10 Å². The summed E-state index contributed by atoms with van der Waals surface area (Å²) in [7, 11) is 1.29. The van der Waals surface area contributed by atoms with E-state index in [4.69, 9.17) is 0 Å². The van der Waals surface area contributed by atoms with Crippen molar-refractivity contribution < 1.29 is 9.53 Å². The molecule has 0 radical (unpaired) electrons. The second-order valence-electron chi connectivity index (χ2n) is 4.36. The van der Waals surface area contributed by atoms with Gasteiger partial charge in [-0.25, -0.2) is 14.8 Å². The molecule has 1 fully saturated rings. The summed E-state index contributed by atoms with van der Waals surface area (Å²) in [6, 6.07) is 3.62. The lowest BCUT2D eigenvalue weighted by atomic mass is 10.3. The van der Waals surface area contributed by atoms with Gasteiger partial charge in [0.15, 0.2) is 5.82 Å². The summed E-state index contributed by atoms with van der Waals surface area (Å²) in [5.41, 5.74) is 1.13. The van der Waals surface area contributed by atoms with E-state index in [2.05, 4.69) is 30.2 Å². The number of rotatable bonds is 4. The average molecular weight is 259 g/mol. The number of carbonyl (C=O) groups excluding carboxylic acids is 1. The Kier molecular flexibility index (Phi) is 2.86. The summed E-state index contributed by atoms with van der Waals surface area (Å²) in [6.45, 7) is 0. The standard InChI is InChI=1S/C12H13N5O2/c1-19-12(18)11-13-5-4-9(15-11)14-10-6-8(16-17-10)7-2-3-7/h4-7H,2-3H2,1H3,(H2,13,14,15,16,17). The fourth-order valence-electron chi connectivity index (χ4n) is 1.75. The number of methoxy groups -OCH3 is 1. The van der Waals surface area contributed by atoms with Crippen LogP contribution in [0.3, 0.4) is 0 Å². The van der Waals surface area contributed by atoms with Gasteiger partial charge in [-0.1, -0.05) is 0 Å². The van der Waals surface area contributed by atoms with Crippen molar-refractivity contribution in [2.24, 2.45) is 0 Å². The topological polar surface area (TPSA) is 92.8 Å². The van der Waals surface area contributed by atoms with Crippen molar-refractivity contribution in [2.45, 2.75) is 18.8 Å². The van der Waals surface area contributed by atoms with Crippen LogP contribution in [0.2, 0.25) is 0 Å². The van der Waals surface area contributed by atoms with Crippen LogP contribution in [-0.2, 0) is 4.74 Å². The number of H-pyrrole nitrogens is 1. The molecule has 7 heteroatoms. The van der Waals surface area contributed by atoms with Crippen LogP contribution in [0.4, 0.5) is 11.6 Å². The summed E-state index contributed by atoms with van der Waals surface area (Å²) in [6.07, 6.45) is 3.92. The molecule has 2 aromatic heterocycles. The highest BCUT2D eigenvalue weighted by molar-refractivity contribution is 5.85. The third-order valence-electron chi connectivity index (χ3n) is 2.89. The Labute approximate surface area is 109 Å². The molecule has 0 atom stereocenters. The Morgan fingerprint density at radius 2 is 2.32 bits per heavy atom. The number of nitrogens with one attached hydrogen (secondary N) is 2. The van der Waals surface area contributed by atoms with E-state index in [9.17, 15) is 4.79 Å². The van der Waals surface area contributed by atoms with E-state index < -0.39 is 5.97 Å². The van der Waals surface area contributed by atoms with E-state index in [1.165, 1.54) is 26.1 Å². The van der Waals surface area contributed by atoms with Crippen LogP contribution in [0.15, 0.2) is 18.3 Å². The Balaban J connectivity index is 1.76. The van der Waals surface area contributed by atoms with Crippen molar-refractivity contribution in [1.29, 1.82) is 0 Å². The minimum absolute atomic E-state index is 0.0189. The number of ether oxygens (including phenoxy) is 1. The highest BCUT2D eigenvalue weighted by Crippen LogP contribution is 2.39. The van der Waals surface area contributed by atoms with Gasteiger partial charge < -0.3 is 10.1 Å². The molecule has 1 aliphatic carbocycles. The highest BCUT2D eigenvalue weighted by Gasteiger charge is 2.25. The number of carbonyl (C=O) groups is 1. The largest absolute Gasteiger partial charge is 0.463 e. The molecule has 0 bridgehead atoms. The summed E-state index contributed by atoms with van der Waals surface area (Å²) in [5, 5.41) is 10.2. The van der Waals surface area contributed by atoms with Crippen LogP contribution in [0.1, 0.15) is 35.1 Å². The van der Waals surface area contributed by atoms with Gasteiger partial charge >= 0.3 is 5.97 Å². The molecule has 2 aromatic rings. The third-order valence-corrected chi connectivity index (χ3v) is 2.89. The van der Waals surface area contributed by atoms with Crippen molar-refractivity contribution in [3.8, 4) is 0 Å². The molecule has 0 aliphatic heterocycles. The minimum atomic E-state index is -0.565. The molecule has 0 saturated heterocycles. The Morgan fingerprint density at radius 3 is 3.05 bits per heavy atom. The zero-order valence-corrected chi connectivity index (χ0v) is 10.4. The number of nitrogens with zero attached hydrogens (tertiary/aromatic N) is 3. The van der Waals surface area contributed by atoms with Crippen LogP contribution in [-0.4, -0.2) is 33.2 Å². The molecule has 3 rings (SSSR count). The molecule has 0 amide bonds. The first kappa shape index (κ1) is 11.6. The van der Waals surface area contributed by atoms with Crippen molar-refractivity contribution in [3.05, 3.63) is 29.8 Å². The Morgan fingerprint density at radius 1 is 1.47 bits per heavy atom. The van der Waals surface area contributed by atoms with Gasteiger partial charge in [0.2, 0.25) is 5.82 Å². The number of hydrogen-bond acceptors (Lipinski definition) is 6. The summed E-state index contributed by atoms with van der Waals surface area (Å²) in [5.74, 6) is 1.24. The maximum atomic E-state index is 11.3. The van der Waals surface area contributed by atoms with E-state index in [-0.39, 0.29) is 5.82 Å². The van der Waals surface area contributed by atoms with Gasteiger partial charge in [-0.15, -0.1) is 0 Å². The van der Waals surface area contributed by atoms with Gasteiger partial charge in [0.25, 0.3) is 0 Å². The monoisotopic (exact) mass is 259 g/mol. The number of anilines is 2. The van der Waals surface area contributed by atoms with Gasteiger partial charge in [0, 0.05) is 23.9 Å². The predicted octanol–water partition coefficient (Wildman–Crippen LogP) is 1.61. The molecular formula is C12H13N5O2. The molecule has 98 valence electrons. The number of aromatic nitrogens is 4. The molecule has 0 aromatic carbocycles. The molecule has 2 heterocycles. The number of esters is 1. The maximum absolute atomic E-state index is 11.3. The van der Waals surface area contributed by atoms with Gasteiger partial charge in [-0.05, 0) is 18.9 Å². The number of hydrogen-bond donors (Lipinski definition) is 2. The van der Waals surface area contributed by atoms with E-state index in [0.717, 1.165) is 5.69 Å². The fourth-order valence-corrected chi connectivity index (χ4v) is 1.75. The Hall–Kier alpha value is -2.44. The predicted molar refractivity (Wildman–Crippen MR) is 67.2 cm³/mol. The van der Waals surface area contributed by atoms with E-state index in [1.807, 2.05) is 6.07 Å². The average Bonchev–Trinajstić information content (AvgIpc) is 3.19. The first-order valence-corrected chi connectivity index (χ1v) is 6.00. The lowest BCUT2D eigenvalue weighted by Gasteiger charge is -2.02. The summed E-state index contributed by atoms with van der Waals surface area (Å²) < 4.78 is 4.57. The lowest BCUT2D eigenvalue weighted by molar-refractivity contribution is 0.0587. The molecule has 7 nitrogen and oxygen atoms in total. The smallest absolute Gasteiger partial charge is 0.376 e. The maximum Gasteiger partial charge on any atom is 0.376 e. The van der Waals surface area contributed by atoms with Crippen LogP contribution in [0.5, 0.6) is 0 Å². The van der Waals surface area contributed by atoms with Crippen LogP contribution >= 0.6 is 0 Å². The molecule has 1 aliphatic rings. The third kappa shape index (κ3) is 2.54. The summed E-state index contributed by atoms with van der Waals surface area (Å²) in [4.78, 5) is 19.2. The van der Waals surface area contributed by atoms with E-state index >= 15 is 0 Å².